The van der Waals surface area contributed by atoms with Gasteiger partial charge in [-0.05, 0) is 11.8 Å². The van der Waals surface area contributed by atoms with Crippen molar-refractivity contribution >= 4 is 5.91 Å². The van der Waals surface area contributed by atoms with E-state index < -0.39 is 0 Å². The summed E-state index contributed by atoms with van der Waals surface area (Å²) < 4.78 is 16.2. The van der Waals surface area contributed by atoms with Gasteiger partial charge in [0.2, 0.25) is 5.91 Å². The number of amides is 1. The topological polar surface area (TPSA) is 56.8 Å². The fraction of sp³-hybridized carbons (Fsp3) is 0.938. The first-order valence-electron chi connectivity index (χ1n) is 7.84. The number of hydrogen-bond acceptors (Lipinski definition) is 4. The average Bonchev–Trinajstić information content (AvgIpc) is 2.38. The standard InChI is InChI=1S/C16H33NO4/c1-14(2)15(18)17-7-9-20-11-13-21-12-10-19-8-6-16(3,4)5/h14H,6-13H2,1-5H3,(H,17,18). The van der Waals surface area contributed by atoms with Gasteiger partial charge in [-0.3, -0.25) is 4.79 Å². The number of hydrogen-bond donors (Lipinski definition) is 1. The summed E-state index contributed by atoms with van der Waals surface area (Å²) in [5, 5.41) is 2.79. The van der Waals surface area contributed by atoms with Gasteiger partial charge < -0.3 is 19.5 Å². The Balaban J connectivity index is 3.14. The summed E-state index contributed by atoms with van der Waals surface area (Å²) in [5.74, 6) is 0.0777. The van der Waals surface area contributed by atoms with Crippen LogP contribution in [0.2, 0.25) is 0 Å². The third kappa shape index (κ3) is 15.6. The van der Waals surface area contributed by atoms with Crippen LogP contribution in [0, 0.1) is 11.3 Å². The van der Waals surface area contributed by atoms with E-state index in [-0.39, 0.29) is 11.8 Å². The van der Waals surface area contributed by atoms with E-state index in [1.54, 1.807) is 0 Å². The third-order valence-corrected chi connectivity index (χ3v) is 2.81. The second kappa shape index (κ2) is 12.0. The van der Waals surface area contributed by atoms with Crippen molar-refractivity contribution in [3.8, 4) is 0 Å². The van der Waals surface area contributed by atoms with Gasteiger partial charge in [-0.15, -0.1) is 0 Å². The maximum Gasteiger partial charge on any atom is 0.222 e. The smallest absolute Gasteiger partial charge is 0.222 e. The van der Waals surface area contributed by atoms with Crippen molar-refractivity contribution in [1.29, 1.82) is 0 Å². The Bertz CT molecular complexity index is 261. The first-order valence-corrected chi connectivity index (χ1v) is 7.84. The average molecular weight is 303 g/mol. The van der Waals surface area contributed by atoms with E-state index in [0.29, 0.717) is 45.0 Å². The molecule has 0 aromatic heterocycles. The molecule has 126 valence electrons. The molecule has 0 saturated carbocycles. The van der Waals surface area contributed by atoms with Crippen molar-refractivity contribution in [3.63, 3.8) is 0 Å². The third-order valence-electron chi connectivity index (χ3n) is 2.81. The zero-order valence-electron chi connectivity index (χ0n) is 14.4. The molecule has 0 heterocycles. The lowest BCUT2D eigenvalue weighted by Gasteiger charge is -2.17. The van der Waals surface area contributed by atoms with Crippen molar-refractivity contribution in [1.82, 2.24) is 5.32 Å². The minimum Gasteiger partial charge on any atom is -0.379 e. The van der Waals surface area contributed by atoms with E-state index in [1.807, 2.05) is 13.8 Å². The predicted octanol–water partition coefficient (Wildman–Crippen LogP) is 2.24. The van der Waals surface area contributed by atoms with Crippen molar-refractivity contribution in [2.45, 2.75) is 41.0 Å². The molecule has 1 N–H and O–H groups in total. The molecule has 0 saturated heterocycles. The molecule has 0 bridgehead atoms. The first kappa shape index (κ1) is 20.3. The van der Waals surface area contributed by atoms with Gasteiger partial charge >= 0.3 is 0 Å². The highest BCUT2D eigenvalue weighted by Crippen LogP contribution is 2.17. The van der Waals surface area contributed by atoms with Gasteiger partial charge in [0.25, 0.3) is 0 Å². The minimum atomic E-state index is 0.0200. The van der Waals surface area contributed by atoms with E-state index in [0.717, 1.165) is 13.0 Å². The van der Waals surface area contributed by atoms with Crippen LogP contribution in [-0.4, -0.2) is 52.1 Å². The number of rotatable bonds is 12. The molecule has 0 aliphatic rings. The summed E-state index contributed by atoms with van der Waals surface area (Å²) in [7, 11) is 0. The lowest BCUT2D eigenvalue weighted by Crippen LogP contribution is -2.31. The second-order valence-electron chi connectivity index (χ2n) is 6.59. The fourth-order valence-corrected chi connectivity index (χ4v) is 1.37. The number of nitrogens with one attached hydrogen (secondary N) is 1. The molecule has 5 nitrogen and oxygen atoms in total. The first-order chi connectivity index (χ1) is 9.83. The van der Waals surface area contributed by atoms with Crippen LogP contribution in [0.15, 0.2) is 0 Å². The molecule has 0 rings (SSSR count). The Labute approximate surface area is 129 Å². The molecule has 21 heavy (non-hydrogen) atoms. The molecular weight excluding hydrogens is 270 g/mol. The lowest BCUT2D eigenvalue weighted by atomic mass is 9.93. The van der Waals surface area contributed by atoms with E-state index >= 15 is 0 Å². The summed E-state index contributed by atoms with van der Waals surface area (Å²) >= 11 is 0. The van der Waals surface area contributed by atoms with Gasteiger partial charge in [0.15, 0.2) is 0 Å². The van der Waals surface area contributed by atoms with Crippen molar-refractivity contribution < 1.29 is 19.0 Å². The fourth-order valence-electron chi connectivity index (χ4n) is 1.37. The van der Waals surface area contributed by atoms with Crippen LogP contribution in [0.25, 0.3) is 0 Å². The van der Waals surface area contributed by atoms with Gasteiger partial charge in [-0.25, -0.2) is 0 Å². The van der Waals surface area contributed by atoms with Gasteiger partial charge in [0, 0.05) is 19.1 Å². The molecule has 0 aliphatic heterocycles. The summed E-state index contributed by atoms with van der Waals surface area (Å²) in [6.45, 7) is 14.5. The zero-order chi connectivity index (χ0) is 16.1. The van der Waals surface area contributed by atoms with E-state index in [9.17, 15) is 4.79 Å². The normalized spacial score (nSPS) is 11.9. The van der Waals surface area contributed by atoms with Crippen LogP contribution in [0.5, 0.6) is 0 Å². The molecule has 0 radical (unpaired) electrons. The van der Waals surface area contributed by atoms with Crippen molar-refractivity contribution in [2.24, 2.45) is 11.3 Å². The van der Waals surface area contributed by atoms with Crippen LogP contribution in [0.4, 0.5) is 0 Å². The lowest BCUT2D eigenvalue weighted by molar-refractivity contribution is -0.124. The molecule has 0 unspecified atom stereocenters. The monoisotopic (exact) mass is 303 g/mol. The summed E-state index contributed by atoms with van der Waals surface area (Å²) in [5.41, 5.74) is 0.319. The van der Waals surface area contributed by atoms with Crippen LogP contribution in [0.3, 0.4) is 0 Å². The molecular formula is C16H33NO4. The minimum absolute atomic E-state index is 0.0200. The van der Waals surface area contributed by atoms with Crippen LogP contribution >= 0.6 is 0 Å². The van der Waals surface area contributed by atoms with Gasteiger partial charge in [-0.2, -0.15) is 0 Å². The molecule has 0 aromatic rings. The Hall–Kier alpha value is -0.650. The molecule has 0 aliphatic carbocycles. The molecule has 0 fully saturated rings. The van der Waals surface area contributed by atoms with Crippen LogP contribution in [0.1, 0.15) is 41.0 Å². The number of ether oxygens (including phenoxy) is 3. The summed E-state index contributed by atoms with van der Waals surface area (Å²) in [6.07, 6.45) is 1.05. The van der Waals surface area contributed by atoms with Gasteiger partial charge in [0.05, 0.1) is 33.0 Å². The van der Waals surface area contributed by atoms with Gasteiger partial charge in [0.1, 0.15) is 0 Å². The Morgan fingerprint density at radius 3 is 1.86 bits per heavy atom. The van der Waals surface area contributed by atoms with Gasteiger partial charge in [-0.1, -0.05) is 34.6 Å². The quantitative estimate of drug-likeness (QED) is 0.562. The molecule has 0 atom stereocenters. The largest absolute Gasteiger partial charge is 0.379 e. The SMILES string of the molecule is CC(C)C(=O)NCCOCCOCCOCCC(C)(C)C. The summed E-state index contributed by atoms with van der Waals surface area (Å²) in [6, 6.07) is 0. The highest BCUT2D eigenvalue weighted by atomic mass is 16.5. The highest BCUT2D eigenvalue weighted by Gasteiger charge is 2.08. The highest BCUT2D eigenvalue weighted by molar-refractivity contribution is 5.77. The number of carbonyl (C=O) groups excluding carboxylic acids is 1. The summed E-state index contributed by atoms with van der Waals surface area (Å²) in [4.78, 5) is 11.3. The van der Waals surface area contributed by atoms with E-state index in [4.69, 9.17) is 14.2 Å². The molecule has 5 heteroatoms. The number of carbonyl (C=O) groups is 1. The maximum absolute atomic E-state index is 11.3. The van der Waals surface area contributed by atoms with Crippen LogP contribution < -0.4 is 5.32 Å². The Morgan fingerprint density at radius 2 is 1.38 bits per heavy atom. The molecule has 0 spiro atoms. The zero-order valence-corrected chi connectivity index (χ0v) is 14.4. The van der Waals surface area contributed by atoms with Crippen LogP contribution in [-0.2, 0) is 19.0 Å². The Kier molecular flexibility index (Phi) is 11.6. The Morgan fingerprint density at radius 1 is 0.905 bits per heavy atom. The maximum atomic E-state index is 11.3. The second-order valence-corrected chi connectivity index (χ2v) is 6.59. The van der Waals surface area contributed by atoms with E-state index in [2.05, 4.69) is 26.1 Å². The van der Waals surface area contributed by atoms with Crippen molar-refractivity contribution in [2.75, 3.05) is 46.2 Å². The predicted molar refractivity (Wildman–Crippen MR) is 84.4 cm³/mol. The van der Waals surface area contributed by atoms with Crippen molar-refractivity contribution in [3.05, 3.63) is 0 Å². The molecule has 0 aromatic carbocycles. The molecule has 1 amide bonds. The van der Waals surface area contributed by atoms with E-state index in [1.165, 1.54) is 0 Å².